The molecule has 8 rings (SSSR count). The van der Waals surface area contributed by atoms with Crippen LogP contribution in [0.2, 0.25) is 0 Å². The zero-order valence-corrected chi connectivity index (χ0v) is 39.9. The van der Waals surface area contributed by atoms with Gasteiger partial charge in [0.1, 0.15) is 36.2 Å². The summed E-state index contributed by atoms with van der Waals surface area (Å²) < 4.78 is 21.9. The van der Waals surface area contributed by atoms with Crippen molar-refractivity contribution < 1.29 is 38.3 Å². The molecule has 366 valence electrons. The summed E-state index contributed by atoms with van der Waals surface area (Å²) in [5.41, 5.74) is 5.95. The Kier molecular flexibility index (Phi) is 17.9. The van der Waals surface area contributed by atoms with E-state index in [4.69, 9.17) is 18.9 Å². The summed E-state index contributed by atoms with van der Waals surface area (Å²) in [6.45, 7) is 12.8. The van der Waals surface area contributed by atoms with Crippen LogP contribution in [0.5, 0.6) is 23.0 Å². The Morgan fingerprint density at radius 3 is 1.57 bits per heavy atom. The predicted molar refractivity (Wildman–Crippen MR) is 269 cm³/mol. The van der Waals surface area contributed by atoms with Crippen molar-refractivity contribution >= 4 is 52.6 Å². The molecular weight excluding hydrogens is 881 g/mol. The molecule has 0 aromatic heterocycles. The number of nitro benzene ring substituents is 1. The fraction of sp³-hybridized carbons (Fsp3) is 0.404. The van der Waals surface area contributed by atoms with E-state index in [-0.39, 0.29) is 41.5 Å². The first-order chi connectivity index (χ1) is 33.5. The summed E-state index contributed by atoms with van der Waals surface area (Å²) in [6.07, 6.45) is 7.60. The van der Waals surface area contributed by atoms with Crippen LogP contribution in [0, 0.1) is 10.1 Å². The summed E-state index contributed by atoms with van der Waals surface area (Å²) in [7, 11) is 3.23. The average molecular weight is 945 g/mol. The van der Waals surface area contributed by atoms with Gasteiger partial charge in [-0.25, -0.2) is 0 Å². The summed E-state index contributed by atoms with van der Waals surface area (Å²) in [5, 5.41) is 19.9. The molecule has 4 aromatic rings. The highest BCUT2D eigenvalue weighted by atomic mass is 16.6. The van der Waals surface area contributed by atoms with E-state index in [9.17, 15) is 24.5 Å². The maximum Gasteiger partial charge on any atom is 0.271 e. The highest BCUT2D eigenvalue weighted by molar-refractivity contribution is 6.00. The van der Waals surface area contributed by atoms with E-state index in [0.29, 0.717) is 24.2 Å². The molecule has 0 spiro atoms. The van der Waals surface area contributed by atoms with Gasteiger partial charge >= 0.3 is 0 Å². The zero-order valence-electron chi connectivity index (χ0n) is 39.9. The van der Waals surface area contributed by atoms with Crippen LogP contribution in [0.1, 0.15) is 43.7 Å². The predicted octanol–water partition coefficient (Wildman–Crippen LogP) is 6.25. The minimum Gasteiger partial charge on any atom is -0.497 e. The molecule has 2 fully saturated rings. The van der Waals surface area contributed by atoms with Crippen molar-refractivity contribution in [2.45, 2.75) is 32.6 Å². The quantitative estimate of drug-likeness (QED) is 0.0580. The van der Waals surface area contributed by atoms with Crippen LogP contribution in [-0.2, 0) is 14.4 Å². The first-order valence-corrected chi connectivity index (χ1v) is 23.7. The molecule has 0 unspecified atom stereocenters. The summed E-state index contributed by atoms with van der Waals surface area (Å²) in [4.78, 5) is 56.4. The molecule has 4 aromatic carbocycles. The second-order valence-corrected chi connectivity index (χ2v) is 17.3. The minimum atomic E-state index is -0.355. The number of nitro groups is 1. The number of carbonyl (C=O) groups excluding carboxylic acids is 3. The second kappa shape index (κ2) is 24.8. The number of amides is 3. The van der Waals surface area contributed by atoms with Gasteiger partial charge in [0.05, 0.1) is 30.3 Å². The Morgan fingerprint density at radius 1 is 0.623 bits per heavy atom. The maximum absolute atomic E-state index is 12.6. The van der Waals surface area contributed by atoms with E-state index in [1.807, 2.05) is 72.8 Å². The van der Waals surface area contributed by atoms with Crippen LogP contribution >= 0.6 is 0 Å². The number of benzene rings is 4. The van der Waals surface area contributed by atoms with Crippen molar-refractivity contribution in [2.75, 3.05) is 121 Å². The number of nitrogens with zero attached hydrogens (tertiary/aromatic N) is 5. The third-order valence-corrected chi connectivity index (χ3v) is 12.5. The molecule has 2 saturated heterocycles. The number of carbonyl (C=O) groups is 3. The summed E-state index contributed by atoms with van der Waals surface area (Å²) in [5.74, 6) is 2.76. The fourth-order valence-corrected chi connectivity index (χ4v) is 8.63. The highest BCUT2D eigenvalue weighted by Crippen LogP contribution is 2.31. The van der Waals surface area contributed by atoms with E-state index in [0.717, 1.165) is 142 Å². The van der Waals surface area contributed by atoms with Gasteiger partial charge in [-0.05, 0) is 112 Å². The van der Waals surface area contributed by atoms with Crippen LogP contribution in [0.25, 0.3) is 12.2 Å². The summed E-state index contributed by atoms with van der Waals surface area (Å²) in [6, 6.07) is 26.0. The van der Waals surface area contributed by atoms with Gasteiger partial charge in [-0.3, -0.25) is 34.3 Å². The van der Waals surface area contributed by atoms with Crippen LogP contribution in [0.3, 0.4) is 0 Å². The van der Waals surface area contributed by atoms with Gasteiger partial charge in [0.15, 0.2) is 0 Å². The van der Waals surface area contributed by atoms with Crippen molar-refractivity contribution in [3.05, 3.63) is 117 Å². The molecule has 3 amide bonds. The Bertz CT molecular complexity index is 2480. The van der Waals surface area contributed by atoms with E-state index in [2.05, 4.69) is 41.6 Å². The number of hydrogen-bond acceptors (Lipinski definition) is 13. The minimum absolute atomic E-state index is 0.0574. The standard InChI is InChI=1S/C27H34N4O4.C25H30N4O5/c1-20(32)29-23-6-5-7-24(18-23)31-14-12-30(13-15-31)11-4-3-10-28-27(33)22-16-21-17-25(34-2)8-9-26(21)35-19-22;1-33-23-7-8-24-19(16-23)15-20(18-34-24)25(30)26-9-2-3-10-27-11-13-28(14-12-27)21-5-4-6-22(17-21)29(31)32/h5-9,16-18H,3-4,10-15,19H2,1-2H3,(H,28,33)(H,29,32);4-8,15-17H,2-3,9-14,18H2,1H3,(H,26,30). The van der Waals surface area contributed by atoms with Gasteiger partial charge in [0.2, 0.25) is 5.91 Å². The van der Waals surface area contributed by atoms with Crippen LogP contribution in [-0.4, -0.2) is 138 Å². The number of rotatable bonds is 18. The van der Waals surface area contributed by atoms with Crippen molar-refractivity contribution in [2.24, 2.45) is 0 Å². The lowest BCUT2D eigenvalue weighted by molar-refractivity contribution is -0.384. The number of non-ortho nitro benzene ring substituents is 1. The molecule has 17 nitrogen and oxygen atoms in total. The number of hydrogen-bond donors (Lipinski definition) is 3. The Hall–Kier alpha value is -7.11. The van der Waals surface area contributed by atoms with Crippen LogP contribution in [0.4, 0.5) is 22.7 Å². The van der Waals surface area contributed by atoms with Gasteiger partial charge in [-0.2, -0.15) is 0 Å². The Morgan fingerprint density at radius 2 is 1.10 bits per heavy atom. The van der Waals surface area contributed by atoms with E-state index < -0.39 is 0 Å². The smallest absolute Gasteiger partial charge is 0.271 e. The van der Waals surface area contributed by atoms with E-state index in [1.165, 1.54) is 13.0 Å². The molecule has 3 N–H and O–H groups in total. The summed E-state index contributed by atoms with van der Waals surface area (Å²) >= 11 is 0. The second-order valence-electron chi connectivity index (χ2n) is 17.3. The monoisotopic (exact) mass is 944 g/mol. The molecule has 0 saturated carbocycles. The molecule has 4 heterocycles. The third-order valence-electron chi connectivity index (χ3n) is 12.5. The van der Waals surface area contributed by atoms with Crippen LogP contribution < -0.4 is 44.7 Å². The van der Waals surface area contributed by atoms with Gasteiger partial charge < -0.3 is 44.7 Å². The lowest BCUT2D eigenvalue weighted by Crippen LogP contribution is -2.46. The van der Waals surface area contributed by atoms with Gasteiger partial charge in [-0.15, -0.1) is 0 Å². The molecule has 4 aliphatic rings. The largest absolute Gasteiger partial charge is 0.497 e. The van der Waals surface area contributed by atoms with Gasteiger partial charge in [0, 0.05) is 113 Å². The van der Waals surface area contributed by atoms with Crippen molar-refractivity contribution in [1.29, 1.82) is 0 Å². The Balaban J connectivity index is 0.000000204. The van der Waals surface area contributed by atoms with E-state index in [1.54, 1.807) is 26.4 Å². The topological polar surface area (TPSA) is 180 Å². The average Bonchev–Trinajstić information content (AvgIpc) is 3.38. The molecule has 0 aliphatic carbocycles. The first kappa shape index (κ1) is 49.8. The molecule has 0 atom stereocenters. The Labute approximate surface area is 404 Å². The number of anilines is 3. The number of piperazine rings is 2. The van der Waals surface area contributed by atoms with Gasteiger partial charge in [-0.1, -0.05) is 12.1 Å². The van der Waals surface area contributed by atoms with E-state index >= 15 is 0 Å². The van der Waals surface area contributed by atoms with Crippen molar-refractivity contribution in [1.82, 2.24) is 20.4 Å². The maximum atomic E-state index is 12.6. The molecular formula is C52H64N8O9. The van der Waals surface area contributed by atoms with Crippen molar-refractivity contribution in [3.8, 4) is 23.0 Å². The van der Waals surface area contributed by atoms with Gasteiger partial charge in [0.25, 0.3) is 17.5 Å². The third kappa shape index (κ3) is 14.4. The normalized spacial score (nSPS) is 15.6. The molecule has 0 radical (unpaired) electrons. The first-order valence-electron chi connectivity index (χ1n) is 23.7. The number of ether oxygens (including phenoxy) is 4. The molecule has 69 heavy (non-hydrogen) atoms. The van der Waals surface area contributed by atoms with Crippen LogP contribution in [0.15, 0.2) is 96.1 Å². The zero-order chi connectivity index (χ0) is 48.5. The number of unbranched alkanes of at least 4 members (excludes halogenated alkanes) is 2. The molecule has 0 bridgehead atoms. The highest BCUT2D eigenvalue weighted by Gasteiger charge is 2.22. The lowest BCUT2D eigenvalue weighted by atomic mass is 10.1. The SMILES string of the molecule is COc1ccc2c(c1)C=C(C(=O)NCCCCN1CCN(c3cccc(NC(C)=O)c3)CC1)CO2.COc1ccc2c(c1)C=C(C(=O)NCCCCN1CCN(c3cccc([N+](=O)[O-])c3)CC1)CO2. The van der Waals surface area contributed by atoms with Crippen molar-refractivity contribution in [3.63, 3.8) is 0 Å². The fourth-order valence-electron chi connectivity index (χ4n) is 8.63. The number of methoxy groups -OCH3 is 2. The molecule has 4 aliphatic heterocycles. The molecule has 17 heteroatoms. The lowest BCUT2D eigenvalue weighted by Gasteiger charge is -2.36. The number of nitrogens with one attached hydrogen (secondary N) is 3. The number of fused-ring (bicyclic) bond motifs is 2.